The van der Waals surface area contributed by atoms with Crippen LogP contribution < -0.4 is 20.6 Å². The summed E-state index contributed by atoms with van der Waals surface area (Å²) in [5.74, 6) is 0.686. The Balaban J connectivity index is 1.79. The van der Waals surface area contributed by atoms with Gasteiger partial charge in [0.05, 0.1) is 18.2 Å². The molecule has 0 radical (unpaired) electrons. The molecule has 0 amide bonds. The molecule has 1 heterocycles. The van der Waals surface area contributed by atoms with Gasteiger partial charge in [-0.15, -0.1) is 4.79 Å². The van der Waals surface area contributed by atoms with Crippen molar-refractivity contribution in [3.8, 4) is 11.5 Å². The molecule has 0 fully saturated rings. The molecule has 1 aromatic heterocycles. The fourth-order valence-corrected chi connectivity index (χ4v) is 3.06. The standard InChI is InChI=1S/C17H17BrClFN6O2/c1-2-27-15-6-10(8-22-26-17(21)23-24-25-26)12(18)7-16(15)28-9-11-13(19)4-3-5-14(11)20/h3-7,22H,2,8-9H2,1H3,(H2,21,23,25). The van der Waals surface area contributed by atoms with Crippen LogP contribution in [0.4, 0.5) is 10.3 Å². The summed E-state index contributed by atoms with van der Waals surface area (Å²) >= 11 is 9.56. The Bertz CT molecular complexity index is 951. The summed E-state index contributed by atoms with van der Waals surface area (Å²) in [6, 6.07) is 8.05. The van der Waals surface area contributed by atoms with Crippen LogP contribution in [0, 0.1) is 5.82 Å². The van der Waals surface area contributed by atoms with Crippen molar-refractivity contribution in [3.63, 3.8) is 0 Å². The smallest absolute Gasteiger partial charge is 0.260 e. The number of rotatable bonds is 8. The first-order valence-electron chi connectivity index (χ1n) is 8.28. The normalized spacial score (nSPS) is 10.7. The first-order chi connectivity index (χ1) is 13.5. The molecule has 11 heteroatoms. The molecular formula is C17H17BrClFN6O2. The van der Waals surface area contributed by atoms with Crippen molar-refractivity contribution in [1.29, 1.82) is 0 Å². The highest BCUT2D eigenvalue weighted by atomic mass is 79.9. The van der Waals surface area contributed by atoms with E-state index in [1.807, 2.05) is 6.92 Å². The predicted octanol–water partition coefficient (Wildman–Crippen LogP) is 3.53. The maximum Gasteiger partial charge on any atom is 0.260 e. The summed E-state index contributed by atoms with van der Waals surface area (Å²) in [6.07, 6.45) is 0. The average molecular weight is 472 g/mol. The molecule has 148 valence electrons. The average Bonchev–Trinajstić information content (AvgIpc) is 3.07. The Morgan fingerprint density at radius 1 is 1.29 bits per heavy atom. The zero-order valence-corrected chi connectivity index (χ0v) is 17.2. The van der Waals surface area contributed by atoms with Gasteiger partial charge in [-0.25, -0.2) is 4.39 Å². The van der Waals surface area contributed by atoms with Gasteiger partial charge in [-0.2, -0.15) is 0 Å². The number of halogens is 3. The van der Waals surface area contributed by atoms with Crippen molar-refractivity contribution >= 4 is 33.5 Å². The van der Waals surface area contributed by atoms with E-state index in [4.69, 9.17) is 26.8 Å². The molecule has 0 aliphatic rings. The predicted molar refractivity (Wildman–Crippen MR) is 106 cm³/mol. The third kappa shape index (κ3) is 4.63. The quantitative estimate of drug-likeness (QED) is 0.518. The summed E-state index contributed by atoms with van der Waals surface area (Å²) in [7, 11) is 0. The molecule has 0 spiro atoms. The largest absolute Gasteiger partial charge is 0.490 e. The first-order valence-corrected chi connectivity index (χ1v) is 9.45. The second kappa shape index (κ2) is 9.07. The lowest BCUT2D eigenvalue weighted by Gasteiger charge is -2.16. The zero-order valence-electron chi connectivity index (χ0n) is 14.8. The number of benzene rings is 2. The highest BCUT2D eigenvalue weighted by Gasteiger charge is 2.14. The highest BCUT2D eigenvalue weighted by Crippen LogP contribution is 2.35. The van der Waals surface area contributed by atoms with Crippen molar-refractivity contribution in [2.24, 2.45) is 0 Å². The van der Waals surface area contributed by atoms with E-state index in [0.717, 1.165) is 10.0 Å². The van der Waals surface area contributed by atoms with Crippen LogP contribution in [0.3, 0.4) is 0 Å². The molecule has 0 bridgehead atoms. The Morgan fingerprint density at radius 3 is 2.75 bits per heavy atom. The Hall–Kier alpha value is -2.59. The van der Waals surface area contributed by atoms with Gasteiger partial charge in [-0.3, -0.25) is 0 Å². The van der Waals surface area contributed by atoms with E-state index in [9.17, 15) is 4.39 Å². The van der Waals surface area contributed by atoms with Gasteiger partial charge in [0.1, 0.15) is 12.4 Å². The molecule has 0 unspecified atom stereocenters. The maximum absolute atomic E-state index is 14.0. The molecule has 3 N–H and O–H groups in total. The number of nitrogens with two attached hydrogens (primary N) is 1. The summed E-state index contributed by atoms with van der Waals surface area (Å²) in [5.41, 5.74) is 9.74. The number of nitrogen functional groups attached to an aromatic ring is 1. The minimum Gasteiger partial charge on any atom is -0.490 e. The highest BCUT2D eigenvalue weighted by molar-refractivity contribution is 9.10. The van der Waals surface area contributed by atoms with Gasteiger partial charge in [0, 0.05) is 10.0 Å². The van der Waals surface area contributed by atoms with Crippen molar-refractivity contribution in [3.05, 3.63) is 56.8 Å². The van der Waals surface area contributed by atoms with Crippen LogP contribution in [-0.2, 0) is 13.2 Å². The van der Waals surface area contributed by atoms with Crippen LogP contribution >= 0.6 is 27.5 Å². The molecule has 0 atom stereocenters. The lowest BCUT2D eigenvalue weighted by Crippen LogP contribution is -2.18. The van der Waals surface area contributed by atoms with E-state index in [2.05, 4.69) is 36.9 Å². The Morgan fingerprint density at radius 2 is 2.07 bits per heavy atom. The molecule has 8 nitrogen and oxygen atoms in total. The molecule has 0 saturated carbocycles. The van der Waals surface area contributed by atoms with Gasteiger partial charge >= 0.3 is 0 Å². The molecule has 0 aliphatic carbocycles. The Kier molecular flexibility index (Phi) is 6.53. The van der Waals surface area contributed by atoms with Crippen molar-refractivity contribution in [2.45, 2.75) is 20.1 Å². The van der Waals surface area contributed by atoms with Crippen molar-refractivity contribution < 1.29 is 13.9 Å². The van der Waals surface area contributed by atoms with E-state index in [1.165, 1.54) is 10.9 Å². The lowest BCUT2D eigenvalue weighted by atomic mass is 10.2. The maximum atomic E-state index is 14.0. The molecule has 0 saturated heterocycles. The van der Waals surface area contributed by atoms with E-state index in [1.54, 1.807) is 24.3 Å². The van der Waals surface area contributed by atoms with Gasteiger partial charge in [0.2, 0.25) is 0 Å². The number of aromatic nitrogens is 4. The summed E-state index contributed by atoms with van der Waals surface area (Å²) in [5, 5.41) is 11.1. The van der Waals surface area contributed by atoms with Gasteiger partial charge in [-0.05, 0) is 47.2 Å². The summed E-state index contributed by atoms with van der Waals surface area (Å²) in [6.45, 7) is 2.64. The van der Waals surface area contributed by atoms with Crippen LogP contribution in [-0.4, -0.2) is 26.9 Å². The van der Waals surface area contributed by atoms with E-state index in [0.29, 0.717) is 29.7 Å². The second-order valence-electron chi connectivity index (χ2n) is 5.60. The number of tetrazole rings is 1. The van der Waals surface area contributed by atoms with Crippen LogP contribution in [0.15, 0.2) is 34.8 Å². The third-order valence-electron chi connectivity index (χ3n) is 3.76. The zero-order chi connectivity index (χ0) is 20.1. The van der Waals surface area contributed by atoms with Crippen LogP contribution in [0.25, 0.3) is 0 Å². The van der Waals surface area contributed by atoms with Crippen LogP contribution in [0.2, 0.25) is 5.02 Å². The monoisotopic (exact) mass is 470 g/mol. The van der Waals surface area contributed by atoms with Crippen LogP contribution in [0.1, 0.15) is 18.1 Å². The number of nitrogens with one attached hydrogen (secondary N) is 1. The SMILES string of the molecule is CCOc1cc(CNn2nnnc2N)c(Br)cc1OCc1c(F)cccc1Cl. The molecule has 3 rings (SSSR count). The van der Waals surface area contributed by atoms with Crippen molar-refractivity contribution in [1.82, 2.24) is 20.3 Å². The Labute approximate surface area is 173 Å². The van der Waals surface area contributed by atoms with Gasteiger partial charge < -0.3 is 20.6 Å². The molecule has 2 aromatic carbocycles. The minimum absolute atomic E-state index is 0.0310. The van der Waals surface area contributed by atoms with Gasteiger partial charge in [0.25, 0.3) is 5.95 Å². The second-order valence-corrected chi connectivity index (χ2v) is 6.86. The molecule has 28 heavy (non-hydrogen) atoms. The number of hydrogen-bond donors (Lipinski definition) is 2. The van der Waals surface area contributed by atoms with Crippen molar-refractivity contribution in [2.75, 3.05) is 17.8 Å². The topological polar surface area (TPSA) is 100 Å². The number of hydrogen-bond acceptors (Lipinski definition) is 7. The number of nitrogens with zero attached hydrogens (tertiary/aromatic N) is 4. The fraction of sp³-hybridized carbons (Fsp3) is 0.235. The van der Waals surface area contributed by atoms with E-state index < -0.39 is 5.82 Å². The molecule has 3 aromatic rings. The first kappa shape index (κ1) is 20.2. The number of ether oxygens (including phenoxy) is 2. The molecule has 0 aliphatic heterocycles. The summed E-state index contributed by atoms with van der Waals surface area (Å²) in [4.78, 5) is 1.26. The number of anilines is 1. The lowest BCUT2D eigenvalue weighted by molar-refractivity contribution is 0.265. The summed E-state index contributed by atoms with van der Waals surface area (Å²) < 4.78 is 26.2. The van der Waals surface area contributed by atoms with Crippen LogP contribution in [0.5, 0.6) is 11.5 Å². The minimum atomic E-state index is -0.427. The van der Waals surface area contributed by atoms with E-state index in [-0.39, 0.29) is 18.1 Å². The van der Waals surface area contributed by atoms with Gasteiger partial charge in [-0.1, -0.05) is 38.7 Å². The van der Waals surface area contributed by atoms with E-state index >= 15 is 0 Å². The van der Waals surface area contributed by atoms with Gasteiger partial charge in [0.15, 0.2) is 11.5 Å². The third-order valence-corrected chi connectivity index (χ3v) is 4.85. The molecular weight excluding hydrogens is 455 g/mol. The fourth-order valence-electron chi connectivity index (χ4n) is 2.38.